The summed E-state index contributed by atoms with van der Waals surface area (Å²) in [6.07, 6.45) is 0. The number of fused-ring (bicyclic) bond motifs is 2. The van der Waals surface area contributed by atoms with E-state index in [1.54, 1.807) is 0 Å². The van der Waals surface area contributed by atoms with Gasteiger partial charge in [-0.3, -0.25) is 0 Å². The van der Waals surface area contributed by atoms with Crippen molar-refractivity contribution < 1.29 is 0 Å². The lowest BCUT2D eigenvalue weighted by atomic mass is 9.89. The fourth-order valence-corrected chi connectivity index (χ4v) is 3.33. The van der Waals surface area contributed by atoms with Crippen LogP contribution < -0.4 is 0 Å². The van der Waals surface area contributed by atoms with Crippen molar-refractivity contribution in [2.75, 3.05) is 0 Å². The molecule has 5 rings (SSSR count). The Hall–Kier alpha value is -2.34. The molecule has 0 fully saturated rings. The second-order valence-electron chi connectivity index (χ2n) is 5.07. The monoisotopic (exact) mass is 226 g/mol. The molecule has 0 heteroatoms. The lowest BCUT2D eigenvalue weighted by Gasteiger charge is -2.14. The second kappa shape index (κ2) is 2.73. The van der Waals surface area contributed by atoms with Gasteiger partial charge in [-0.1, -0.05) is 54.6 Å². The van der Waals surface area contributed by atoms with Crippen LogP contribution in [0.2, 0.25) is 0 Å². The highest BCUT2D eigenvalue weighted by molar-refractivity contribution is 6.30. The Bertz CT molecular complexity index is 975. The summed E-state index contributed by atoms with van der Waals surface area (Å²) in [6, 6.07) is 22.3. The highest BCUT2D eigenvalue weighted by Gasteiger charge is 2.11. The first-order valence-electron chi connectivity index (χ1n) is 6.30. The lowest BCUT2D eigenvalue weighted by Crippen LogP contribution is -1.86. The summed E-state index contributed by atoms with van der Waals surface area (Å²) in [5, 5.41) is 11.0. The Balaban J connectivity index is 2.37. The summed E-state index contributed by atoms with van der Waals surface area (Å²) >= 11 is 0. The van der Waals surface area contributed by atoms with E-state index in [1.807, 2.05) is 0 Å². The fraction of sp³-hybridized carbons (Fsp3) is 0. The summed E-state index contributed by atoms with van der Waals surface area (Å²) in [5.41, 5.74) is 0. The zero-order valence-corrected chi connectivity index (χ0v) is 9.77. The Labute approximate surface area is 104 Å². The van der Waals surface area contributed by atoms with E-state index < -0.39 is 0 Å². The van der Waals surface area contributed by atoms with Gasteiger partial charge in [0.15, 0.2) is 0 Å². The first kappa shape index (κ1) is 8.71. The van der Waals surface area contributed by atoms with Crippen molar-refractivity contribution >= 4 is 43.1 Å². The van der Waals surface area contributed by atoms with E-state index in [4.69, 9.17) is 0 Å². The first-order valence-corrected chi connectivity index (χ1v) is 6.30. The molecule has 0 saturated heterocycles. The molecule has 0 radical (unpaired) electrons. The third kappa shape index (κ3) is 0.853. The van der Waals surface area contributed by atoms with Gasteiger partial charge in [0, 0.05) is 0 Å². The van der Waals surface area contributed by atoms with Crippen LogP contribution in [0.1, 0.15) is 0 Å². The Kier molecular flexibility index (Phi) is 1.32. The maximum atomic E-state index is 2.33. The minimum Gasteiger partial charge on any atom is -0.0610 e. The van der Waals surface area contributed by atoms with Crippen LogP contribution >= 0.6 is 0 Å². The largest absolute Gasteiger partial charge is 0.0610 e. The fourth-order valence-electron chi connectivity index (χ4n) is 3.33. The SMILES string of the molecule is c1cc2ccc3ccc4ccc5cc4c3c2c5c1. The van der Waals surface area contributed by atoms with Gasteiger partial charge in [0.25, 0.3) is 0 Å². The minimum absolute atomic E-state index is 1.34. The quantitative estimate of drug-likeness (QED) is 0.319. The van der Waals surface area contributed by atoms with Crippen molar-refractivity contribution in [3.05, 3.63) is 60.7 Å². The van der Waals surface area contributed by atoms with Crippen LogP contribution in [0.5, 0.6) is 0 Å². The molecule has 0 spiro atoms. The molecule has 0 N–H and O–H groups in total. The lowest BCUT2D eigenvalue weighted by molar-refractivity contribution is 1.79. The van der Waals surface area contributed by atoms with Gasteiger partial charge in [-0.25, -0.2) is 0 Å². The molecule has 18 heavy (non-hydrogen) atoms. The molecule has 0 aliphatic carbocycles. The molecule has 0 unspecified atom stereocenters. The minimum atomic E-state index is 1.34. The van der Waals surface area contributed by atoms with Crippen molar-refractivity contribution in [3.63, 3.8) is 0 Å². The van der Waals surface area contributed by atoms with E-state index in [0.29, 0.717) is 0 Å². The highest BCUT2D eigenvalue weighted by atomic mass is 14.1. The Morgan fingerprint density at radius 3 is 1.89 bits per heavy atom. The molecular weight excluding hydrogens is 216 g/mol. The van der Waals surface area contributed by atoms with E-state index in [0.717, 1.165) is 0 Å². The summed E-state index contributed by atoms with van der Waals surface area (Å²) in [6.45, 7) is 0. The molecule has 82 valence electrons. The average molecular weight is 226 g/mol. The topological polar surface area (TPSA) is 0 Å². The van der Waals surface area contributed by atoms with Crippen LogP contribution in [0, 0.1) is 0 Å². The van der Waals surface area contributed by atoms with Crippen LogP contribution in [-0.2, 0) is 0 Å². The van der Waals surface area contributed by atoms with Gasteiger partial charge in [-0.15, -0.1) is 0 Å². The van der Waals surface area contributed by atoms with Crippen molar-refractivity contribution in [1.82, 2.24) is 0 Å². The molecule has 0 aromatic heterocycles. The van der Waals surface area contributed by atoms with E-state index in [9.17, 15) is 0 Å². The molecule has 5 aromatic carbocycles. The molecule has 2 bridgehead atoms. The second-order valence-corrected chi connectivity index (χ2v) is 5.07. The Morgan fingerprint density at radius 1 is 0.444 bits per heavy atom. The zero-order chi connectivity index (χ0) is 11.7. The molecule has 5 aromatic rings. The van der Waals surface area contributed by atoms with Crippen molar-refractivity contribution in [3.8, 4) is 0 Å². The van der Waals surface area contributed by atoms with Crippen molar-refractivity contribution in [1.29, 1.82) is 0 Å². The van der Waals surface area contributed by atoms with E-state index in [-0.39, 0.29) is 0 Å². The highest BCUT2D eigenvalue weighted by Crippen LogP contribution is 2.39. The van der Waals surface area contributed by atoms with Crippen LogP contribution in [-0.4, -0.2) is 0 Å². The van der Waals surface area contributed by atoms with Gasteiger partial charge in [0.05, 0.1) is 0 Å². The molecule has 0 atom stereocenters. The third-order valence-electron chi connectivity index (χ3n) is 4.15. The normalized spacial score (nSPS) is 12.4. The maximum Gasteiger partial charge on any atom is -0.00204 e. The van der Waals surface area contributed by atoms with Gasteiger partial charge in [0.2, 0.25) is 0 Å². The van der Waals surface area contributed by atoms with E-state index in [2.05, 4.69) is 60.7 Å². The molecule has 0 amide bonds. The number of hydrogen-bond donors (Lipinski definition) is 0. The molecular formula is C18H10. The smallest absolute Gasteiger partial charge is 0.00204 e. The van der Waals surface area contributed by atoms with Crippen molar-refractivity contribution in [2.24, 2.45) is 0 Å². The van der Waals surface area contributed by atoms with Gasteiger partial charge in [0.1, 0.15) is 0 Å². The van der Waals surface area contributed by atoms with Gasteiger partial charge in [-0.05, 0) is 49.2 Å². The predicted molar refractivity (Wildman–Crippen MR) is 78.8 cm³/mol. The molecule has 0 heterocycles. The van der Waals surface area contributed by atoms with E-state index >= 15 is 0 Å². The molecule has 0 aliphatic rings. The van der Waals surface area contributed by atoms with Crippen molar-refractivity contribution in [2.45, 2.75) is 0 Å². The molecule has 0 aliphatic heterocycles. The number of rotatable bonds is 0. The summed E-state index contributed by atoms with van der Waals surface area (Å²) in [7, 11) is 0. The van der Waals surface area contributed by atoms with Gasteiger partial charge < -0.3 is 0 Å². The third-order valence-corrected chi connectivity index (χ3v) is 4.15. The number of hydrogen-bond acceptors (Lipinski definition) is 0. The van der Waals surface area contributed by atoms with Crippen LogP contribution in [0.15, 0.2) is 60.7 Å². The molecule has 0 nitrogen and oxygen atoms in total. The maximum absolute atomic E-state index is 2.33. The average Bonchev–Trinajstić information content (AvgIpc) is 2.45. The summed E-state index contributed by atoms with van der Waals surface area (Å²) in [5.74, 6) is 0. The van der Waals surface area contributed by atoms with Gasteiger partial charge in [-0.2, -0.15) is 0 Å². The van der Waals surface area contributed by atoms with Gasteiger partial charge >= 0.3 is 0 Å². The summed E-state index contributed by atoms with van der Waals surface area (Å²) < 4.78 is 0. The standard InChI is InChI=1S/C18H10/c1-2-12-7-8-13-6-4-11-5-9-14-10-16(11)18(13)17(12)15(14)3-1/h1-10H. The predicted octanol–water partition coefficient (Wildman–Crippen LogP) is 5.18. The number of benzene rings is 5. The molecule has 0 saturated carbocycles. The van der Waals surface area contributed by atoms with E-state index in [1.165, 1.54) is 43.1 Å². The summed E-state index contributed by atoms with van der Waals surface area (Å²) in [4.78, 5) is 0. The zero-order valence-electron chi connectivity index (χ0n) is 9.77. The van der Waals surface area contributed by atoms with Crippen LogP contribution in [0.3, 0.4) is 0 Å². The first-order chi connectivity index (χ1) is 8.92. The Morgan fingerprint density at radius 2 is 1.06 bits per heavy atom. The van der Waals surface area contributed by atoms with Crippen LogP contribution in [0.25, 0.3) is 43.1 Å². The van der Waals surface area contributed by atoms with Crippen LogP contribution in [0.4, 0.5) is 0 Å².